The fourth-order valence-corrected chi connectivity index (χ4v) is 5.48. The predicted molar refractivity (Wildman–Crippen MR) is 83.7 cm³/mol. The van der Waals surface area contributed by atoms with E-state index in [9.17, 15) is 5.11 Å². The number of nitrogens with zero attached hydrogens (tertiary/aromatic N) is 1. The molecular formula is C18H33NO. The van der Waals surface area contributed by atoms with Crippen molar-refractivity contribution in [1.29, 1.82) is 0 Å². The Bertz CT molecular complexity index is 309. The van der Waals surface area contributed by atoms with Gasteiger partial charge in [0.2, 0.25) is 0 Å². The van der Waals surface area contributed by atoms with Crippen molar-refractivity contribution >= 4 is 0 Å². The minimum Gasteiger partial charge on any atom is -0.396 e. The van der Waals surface area contributed by atoms with Gasteiger partial charge in [-0.25, -0.2) is 0 Å². The van der Waals surface area contributed by atoms with Crippen LogP contribution in [0.25, 0.3) is 0 Å². The Labute approximate surface area is 124 Å². The van der Waals surface area contributed by atoms with Crippen LogP contribution in [0.1, 0.15) is 64.2 Å². The van der Waals surface area contributed by atoms with E-state index in [4.69, 9.17) is 0 Å². The summed E-state index contributed by atoms with van der Waals surface area (Å²) in [5.41, 5.74) is 0.211. The first-order valence-electron chi connectivity index (χ1n) is 9.00. The van der Waals surface area contributed by atoms with Gasteiger partial charge in [-0.3, -0.25) is 0 Å². The molecular weight excluding hydrogens is 246 g/mol. The summed E-state index contributed by atoms with van der Waals surface area (Å²) < 4.78 is 0. The topological polar surface area (TPSA) is 23.5 Å². The van der Waals surface area contributed by atoms with Gasteiger partial charge in [0.15, 0.2) is 0 Å². The number of fused-ring (bicyclic) bond motifs is 2. The molecule has 0 saturated heterocycles. The lowest BCUT2D eigenvalue weighted by Gasteiger charge is -2.37. The van der Waals surface area contributed by atoms with Gasteiger partial charge in [-0.1, -0.05) is 32.1 Å². The quantitative estimate of drug-likeness (QED) is 0.776. The van der Waals surface area contributed by atoms with Gasteiger partial charge in [-0.05, 0) is 56.9 Å². The average Bonchev–Trinajstić information content (AvgIpc) is 2.97. The smallest absolute Gasteiger partial charge is 0.0499 e. The van der Waals surface area contributed by atoms with Crippen LogP contribution in [0.2, 0.25) is 0 Å². The Kier molecular flexibility index (Phi) is 4.72. The van der Waals surface area contributed by atoms with Gasteiger partial charge in [0.05, 0.1) is 0 Å². The predicted octanol–water partition coefficient (Wildman–Crippen LogP) is 3.69. The summed E-state index contributed by atoms with van der Waals surface area (Å²) in [6.07, 6.45) is 13.9. The van der Waals surface area contributed by atoms with E-state index in [1.807, 2.05) is 0 Å². The van der Waals surface area contributed by atoms with Crippen molar-refractivity contribution in [2.75, 3.05) is 26.7 Å². The highest BCUT2D eigenvalue weighted by Crippen LogP contribution is 2.48. The van der Waals surface area contributed by atoms with Gasteiger partial charge < -0.3 is 10.0 Å². The third-order valence-corrected chi connectivity index (χ3v) is 6.54. The summed E-state index contributed by atoms with van der Waals surface area (Å²) in [5.74, 6) is 3.05. The van der Waals surface area contributed by atoms with Gasteiger partial charge in [0.25, 0.3) is 0 Å². The molecule has 0 aliphatic heterocycles. The number of aliphatic hydroxyl groups excluding tert-OH is 1. The largest absolute Gasteiger partial charge is 0.396 e. The van der Waals surface area contributed by atoms with Crippen molar-refractivity contribution in [3.05, 3.63) is 0 Å². The van der Waals surface area contributed by atoms with E-state index in [-0.39, 0.29) is 5.41 Å². The molecule has 2 heteroatoms. The molecule has 3 aliphatic carbocycles. The van der Waals surface area contributed by atoms with Crippen molar-refractivity contribution in [3.8, 4) is 0 Å². The van der Waals surface area contributed by atoms with E-state index in [1.165, 1.54) is 70.8 Å². The summed E-state index contributed by atoms with van der Waals surface area (Å²) in [6.45, 7) is 2.80. The number of hydrogen-bond acceptors (Lipinski definition) is 2. The van der Waals surface area contributed by atoms with E-state index in [2.05, 4.69) is 11.9 Å². The standard InChI is InChI=1S/C18H33NO/c1-19(12-17-11-15-6-7-16(17)10-15)13-18(14-20)8-4-2-3-5-9-18/h15-17,20H,2-14H2,1H3. The molecule has 3 aliphatic rings. The molecule has 3 unspecified atom stereocenters. The molecule has 3 atom stereocenters. The van der Waals surface area contributed by atoms with E-state index in [0.717, 1.165) is 24.3 Å². The number of rotatable bonds is 5. The van der Waals surface area contributed by atoms with E-state index in [0.29, 0.717) is 6.61 Å². The minimum absolute atomic E-state index is 0.211. The van der Waals surface area contributed by atoms with E-state index >= 15 is 0 Å². The molecule has 3 saturated carbocycles. The van der Waals surface area contributed by atoms with Crippen molar-refractivity contribution < 1.29 is 5.11 Å². The molecule has 0 radical (unpaired) electrons. The van der Waals surface area contributed by atoms with E-state index < -0.39 is 0 Å². The zero-order chi connectivity index (χ0) is 14.0. The van der Waals surface area contributed by atoms with Crippen molar-refractivity contribution in [1.82, 2.24) is 4.90 Å². The zero-order valence-corrected chi connectivity index (χ0v) is 13.3. The molecule has 0 aromatic heterocycles. The lowest BCUT2D eigenvalue weighted by atomic mass is 9.80. The molecule has 20 heavy (non-hydrogen) atoms. The molecule has 0 aromatic rings. The number of aliphatic hydroxyl groups is 1. The molecule has 1 N–H and O–H groups in total. The summed E-state index contributed by atoms with van der Waals surface area (Å²) in [5, 5.41) is 9.95. The Balaban J connectivity index is 1.52. The monoisotopic (exact) mass is 279 g/mol. The summed E-state index contributed by atoms with van der Waals surface area (Å²) in [6, 6.07) is 0. The molecule has 3 rings (SSSR count). The second-order valence-corrected chi connectivity index (χ2v) is 8.20. The SMILES string of the molecule is CN(CC1CC2CCC1C2)CC1(CO)CCCCCC1. The first-order chi connectivity index (χ1) is 9.71. The highest BCUT2D eigenvalue weighted by molar-refractivity contribution is 4.92. The Morgan fingerprint density at radius 2 is 1.80 bits per heavy atom. The fraction of sp³-hybridized carbons (Fsp3) is 1.00. The molecule has 0 aromatic carbocycles. The Morgan fingerprint density at radius 3 is 2.35 bits per heavy atom. The van der Waals surface area contributed by atoms with Crippen LogP contribution in [-0.2, 0) is 0 Å². The normalized spacial score (nSPS) is 36.5. The Morgan fingerprint density at radius 1 is 1.05 bits per heavy atom. The molecule has 0 heterocycles. The average molecular weight is 279 g/mol. The van der Waals surface area contributed by atoms with Crippen molar-refractivity contribution in [3.63, 3.8) is 0 Å². The zero-order valence-electron chi connectivity index (χ0n) is 13.3. The van der Waals surface area contributed by atoms with E-state index in [1.54, 1.807) is 0 Å². The molecule has 3 fully saturated rings. The third-order valence-electron chi connectivity index (χ3n) is 6.54. The molecule has 2 bridgehead atoms. The summed E-state index contributed by atoms with van der Waals surface area (Å²) in [4.78, 5) is 2.56. The molecule has 116 valence electrons. The van der Waals surface area contributed by atoms with Gasteiger partial charge in [0, 0.05) is 25.1 Å². The first-order valence-corrected chi connectivity index (χ1v) is 9.00. The molecule has 0 spiro atoms. The Hall–Kier alpha value is -0.0800. The molecule has 0 amide bonds. The minimum atomic E-state index is 0.211. The second-order valence-electron chi connectivity index (χ2n) is 8.20. The van der Waals surface area contributed by atoms with Crippen LogP contribution in [-0.4, -0.2) is 36.8 Å². The first kappa shape index (κ1) is 14.8. The highest BCUT2D eigenvalue weighted by Gasteiger charge is 2.40. The van der Waals surface area contributed by atoms with Crippen molar-refractivity contribution in [2.24, 2.45) is 23.2 Å². The lowest BCUT2D eigenvalue weighted by molar-refractivity contribution is 0.0595. The third kappa shape index (κ3) is 3.22. The van der Waals surface area contributed by atoms with Crippen LogP contribution < -0.4 is 0 Å². The van der Waals surface area contributed by atoms with Crippen LogP contribution in [0.3, 0.4) is 0 Å². The fourth-order valence-electron chi connectivity index (χ4n) is 5.48. The van der Waals surface area contributed by atoms with Crippen LogP contribution in [0.4, 0.5) is 0 Å². The number of hydrogen-bond donors (Lipinski definition) is 1. The lowest BCUT2D eigenvalue weighted by Crippen LogP contribution is -2.40. The highest BCUT2D eigenvalue weighted by atomic mass is 16.3. The van der Waals surface area contributed by atoms with Crippen LogP contribution in [0.15, 0.2) is 0 Å². The van der Waals surface area contributed by atoms with Gasteiger partial charge in [0.1, 0.15) is 0 Å². The molecule has 2 nitrogen and oxygen atoms in total. The summed E-state index contributed by atoms with van der Waals surface area (Å²) in [7, 11) is 2.30. The second kappa shape index (κ2) is 6.36. The maximum atomic E-state index is 9.95. The maximum absolute atomic E-state index is 9.95. The van der Waals surface area contributed by atoms with Crippen LogP contribution >= 0.6 is 0 Å². The maximum Gasteiger partial charge on any atom is 0.0499 e. The van der Waals surface area contributed by atoms with Gasteiger partial charge in [-0.2, -0.15) is 0 Å². The van der Waals surface area contributed by atoms with Crippen LogP contribution in [0.5, 0.6) is 0 Å². The van der Waals surface area contributed by atoms with Gasteiger partial charge in [-0.15, -0.1) is 0 Å². The van der Waals surface area contributed by atoms with Gasteiger partial charge >= 0.3 is 0 Å². The van der Waals surface area contributed by atoms with Crippen LogP contribution in [0, 0.1) is 23.2 Å². The van der Waals surface area contributed by atoms with Crippen molar-refractivity contribution in [2.45, 2.75) is 64.2 Å². The summed E-state index contributed by atoms with van der Waals surface area (Å²) >= 11 is 0.